The van der Waals surface area contributed by atoms with Crippen molar-refractivity contribution in [3.8, 4) is 11.4 Å². The van der Waals surface area contributed by atoms with Crippen molar-refractivity contribution in [1.82, 2.24) is 24.1 Å². The van der Waals surface area contributed by atoms with E-state index in [2.05, 4.69) is 10.2 Å². The molecule has 1 aliphatic rings. The molecule has 1 amide bonds. The predicted molar refractivity (Wildman–Crippen MR) is 131 cm³/mol. The fourth-order valence-corrected chi connectivity index (χ4v) is 7.93. The van der Waals surface area contributed by atoms with E-state index in [-0.39, 0.29) is 45.1 Å². The molecule has 1 saturated heterocycles. The zero-order valence-electron chi connectivity index (χ0n) is 19.4. The summed E-state index contributed by atoms with van der Waals surface area (Å²) in [6.45, 7) is 6.48. The molecule has 1 fully saturated rings. The Kier molecular flexibility index (Phi) is 8.26. The first-order valence-electron chi connectivity index (χ1n) is 11.0. The summed E-state index contributed by atoms with van der Waals surface area (Å²) < 4.78 is 51.9. The first-order valence-corrected chi connectivity index (χ1v) is 15.2. The number of carbonyl (C=O) groups excluding carboxylic acids is 1. The average molecular weight is 531 g/mol. The minimum atomic E-state index is -3.65. The summed E-state index contributed by atoms with van der Waals surface area (Å²) >= 11 is 1.09. The quantitative estimate of drug-likeness (QED) is 0.348. The van der Waals surface area contributed by atoms with Crippen molar-refractivity contribution in [1.29, 1.82) is 0 Å². The summed E-state index contributed by atoms with van der Waals surface area (Å²) in [4.78, 5) is 14.5. The van der Waals surface area contributed by atoms with Crippen LogP contribution in [0.25, 0.3) is 11.4 Å². The molecule has 2 N–H and O–H groups in total. The molecule has 3 rings (SSSR count). The van der Waals surface area contributed by atoms with E-state index in [0.717, 1.165) is 11.8 Å². The number of thioether (sulfide) groups is 1. The Bertz CT molecular complexity index is 1240. The minimum Gasteiger partial charge on any atom is -0.338 e. The smallest absolute Gasteiger partial charge is 0.243 e. The van der Waals surface area contributed by atoms with Gasteiger partial charge in [-0.3, -0.25) is 4.79 Å². The fraction of sp³-hybridized carbons (Fsp3) is 0.550. The second kappa shape index (κ2) is 10.6. The zero-order valence-corrected chi connectivity index (χ0v) is 21.9. The molecule has 188 valence electrons. The van der Waals surface area contributed by atoms with Crippen LogP contribution >= 0.6 is 11.8 Å². The highest BCUT2D eigenvalue weighted by Crippen LogP contribution is 2.26. The highest BCUT2D eigenvalue weighted by Gasteiger charge is 2.34. The van der Waals surface area contributed by atoms with E-state index in [9.17, 15) is 21.6 Å². The molecule has 0 spiro atoms. The number of aromatic nitrogens is 3. The standard InChI is InChI=1S/C20H30N6O5S3/c1-4-24(5-2)34(30,31)17-9-7-8-15(12-17)19-22-23-20(26(19)21)32-13-18(27)25(6-3)16-10-11-33(28,29)14-16/h7-9,12,16H,4-6,10-11,13-14,21H2,1-3H3/t16-/m1/s1. The highest BCUT2D eigenvalue weighted by molar-refractivity contribution is 7.99. The lowest BCUT2D eigenvalue weighted by atomic mass is 10.2. The first kappa shape index (κ1) is 26.4. The Labute approximate surface area is 204 Å². The molecule has 0 radical (unpaired) electrons. The van der Waals surface area contributed by atoms with Gasteiger partial charge in [0.05, 0.1) is 22.2 Å². The van der Waals surface area contributed by atoms with Gasteiger partial charge >= 0.3 is 0 Å². The van der Waals surface area contributed by atoms with Crippen LogP contribution in [-0.4, -0.2) is 89.8 Å². The maximum atomic E-state index is 12.9. The predicted octanol–water partition coefficient (Wildman–Crippen LogP) is 0.817. The molecule has 1 aromatic heterocycles. The number of hydrogen-bond acceptors (Lipinski definition) is 9. The number of nitrogens with zero attached hydrogens (tertiary/aromatic N) is 5. The summed E-state index contributed by atoms with van der Waals surface area (Å²) in [5, 5.41) is 8.43. The third-order valence-corrected chi connectivity index (χ3v) is 10.5. The van der Waals surface area contributed by atoms with Gasteiger partial charge in [-0.25, -0.2) is 21.5 Å². The van der Waals surface area contributed by atoms with Crippen molar-refractivity contribution < 1.29 is 21.6 Å². The van der Waals surface area contributed by atoms with Gasteiger partial charge in [0.25, 0.3) is 0 Å². The second-order valence-electron chi connectivity index (χ2n) is 7.82. The van der Waals surface area contributed by atoms with E-state index in [1.165, 1.54) is 21.1 Å². The third-order valence-electron chi connectivity index (χ3n) is 5.73. The topological polar surface area (TPSA) is 149 Å². The first-order chi connectivity index (χ1) is 16.0. The van der Waals surface area contributed by atoms with Crippen LogP contribution < -0.4 is 5.84 Å². The van der Waals surface area contributed by atoms with Gasteiger partial charge in [-0.15, -0.1) is 10.2 Å². The second-order valence-corrected chi connectivity index (χ2v) is 12.9. The van der Waals surface area contributed by atoms with Crippen LogP contribution in [0, 0.1) is 0 Å². The van der Waals surface area contributed by atoms with E-state index < -0.39 is 19.9 Å². The van der Waals surface area contributed by atoms with Crippen LogP contribution in [0.1, 0.15) is 27.2 Å². The monoisotopic (exact) mass is 530 g/mol. The van der Waals surface area contributed by atoms with Crippen LogP contribution in [0.4, 0.5) is 0 Å². The number of rotatable bonds is 10. The number of sulfonamides is 1. The average Bonchev–Trinajstić information content (AvgIpc) is 3.35. The molecule has 11 nitrogen and oxygen atoms in total. The summed E-state index contributed by atoms with van der Waals surface area (Å²) in [6.07, 6.45) is 0.441. The molecular weight excluding hydrogens is 500 g/mol. The summed E-state index contributed by atoms with van der Waals surface area (Å²) in [5.74, 6) is 6.33. The lowest BCUT2D eigenvalue weighted by Crippen LogP contribution is -2.42. The Morgan fingerprint density at radius 1 is 1.21 bits per heavy atom. The molecule has 34 heavy (non-hydrogen) atoms. The van der Waals surface area contributed by atoms with Crippen LogP contribution in [0.3, 0.4) is 0 Å². The number of amides is 1. The number of nitrogen functional groups attached to an aromatic ring is 1. The zero-order chi connectivity index (χ0) is 25.1. The maximum Gasteiger partial charge on any atom is 0.243 e. The summed E-state index contributed by atoms with van der Waals surface area (Å²) in [5.41, 5.74) is 0.479. The van der Waals surface area contributed by atoms with Gasteiger partial charge in [-0.1, -0.05) is 37.7 Å². The molecule has 1 aliphatic heterocycles. The Balaban J connectivity index is 1.75. The number of carbonyl (C=O) groups is 1. The van der Waals surface area contributed by atoms with Crippen LogP contribution in [0.15, 0.2) is 34.3 Å². The van der Waals surface area contributed by atoms with E-state index in [0.29, 0.717) is 31.6 Å². The Hall–Kier alpha value is -2.16. The fourth-order valence-electron chi connectivity index (χ4n) is 3.95. The molecule has 14 heteroatoms. The molecule has 0 aliphatic carbocycles. The van der Waals surface area contributed by atoms with Crippen molar-refractivity contribution in [3.63, 3.8) is 0 Å². The van der Waals surface area contributed by atoms with Crippen molar-refractivity contribution in [2.75, 3.05) is 42.7 Å². The lowest BCUT2D eigenvalue weighted by Gasteiger charge is -2.26. The minimum absolute atomic E-state index is 0.0127. The molecule has 2 heterocycles. The van der Waals surface area contributed by atoms with Gasteiger partial charge in [-0.2, -0.15) is 4.31 Å². The summed E-state index contributed by atoms with van der Waals surface area (Å²) in [6, 6.07) is 6.01. The molecule has 1 atom stereocenters. The molecular formula is C20H30N6O5S3. The van der Waals surface area contributed by atoms with Crippen LogP contribution in [0.2, 0.25) is 0 Å². The van der Waals surface area contributed by atoms with Crippen LogP contribution in [0.5, 0.6) is 0 Å². The molecule has 2 aromatic rings. The number of nitrogens with two attached hydrogens (primary N) is 1. The van der Waals surface area contributed by atoms with Crippen molar-refractivity contribution in [2.24, 2.45) is 0 Å². The molecule has 1 aromatic carbocycles. The van der Waals surface area contributed by atoms with Gasteiger partial charge in [0, 0.05) is 31.2 Å². The molecule has 0 bridgehead atoms. The lowest BCUT2D eigenvalue weighted by molar-refractivity contribution is -0.129. The van der Waals surface area contributed by atoms with Gasteiger partial charge < -0.3 is 10.7 Å². The summed E-state index contributed by atoms with van der Waals surface area (Å²) in [7, 11) is -6.75. The van der Waals surface area contributed by atoms with E-state index >= 15 is 0 Å². The van der Waals surface area contributed by atoms with Crippen molar-refractivity contribution >= 4 is 37.5 Å². The van der Waals surface area contributed by atoms with E-state index in [1.54, 1.807) is 30.9 Å². The van der Waals surface area contributed by atoms with Crippen molar-refractivity contribution in [3.05, 3.63) is 24.3 Å². The maximum absolute atomic E-state index is 12.9. The van der Waals surface area contributed by atoms with Gasteiger partial charge in [0.1, 0.15) is 0 Å². The number of benzene rings is 1. The van der Waals surface area contributed by atoms with Gasteiger partial charge in [-0.05, 0) is 25.5 Å². The molecule has 0 saturated carbocycles. The highest BCUT2D eigenvalue weighted by atomic mass is 32.2. The van der Waals surface area contributed by atoms with E-state index in [1.807, 2.05) is 6.92 Å². The Morgan fingerprint density at radius 2 is 1.91 bits per heavy atom. The number of sulfone groups is 1. The largest absolute Gasteiger partial charge is 0.338 e. The van der Waals surface area contributed by atoms with Gasteiger partial charge in [0.15, 0.2) is 15.7 Å². The van der Waals surface area contributed by atoms with E-state index in [4.69, 9.17) is 5.84 Å². The Morgan fingerprint density at radius 3 is 2.50 bits per heavy atom. The van der Waals surface area contributed by atoms with Crippen molar-refractivity contribution in [2.45, 2.75) is 43.3 Å². The normalized spacial score (nSPS) is 17.8. The van der Waals surface area contributed by atoms with Gasteiger partial charge in [0.2, 0.25) is 21.1 Å². The third kappa shape index (κ3) is 5.56. The molecule has 0 unspecified atom stereocenters. The SMILES string of the molecule is CCN(C(=O)CSc1nnc(-c2cccc(S(=O)(=O)N(CC)CC)c2)n1N)[C@@H]1CCS(=O)(=O)C1. The van der Waals surface area contributed by atoms with Crippen LogP contribution in [-0.2, 0) is 24.7 Å². The number of hydrogen-bond donors (Lipinski definition) is 1.